The Kier molecular flexibility index (Phi) is 5.56. The second-order valence-electron chi connectivity index (χ2n) is 6.48. The molecule has 0 spiro atoms. The van der Waals surface area contributed by atoms with E-state index < -0.39 is 0 Å². The van der Waals surface area contributed by atoms with Crippen molar-refractivity contribution in [1.29, 1.82) is 0 Å². The second kappa shape index (κ2) is 8.03. The number of carbonyl (C=O) groups is 1. The predicted octanol–water partition coefficient (Wildman–Crippen LogP) is 2.77. The number of ether oxygens (including phenoxy) is 2. The fourth-order valence-corrected chi connectivity index (χ4v) is 2.91. The van der Waals surface area contributed by atoms with Crippen molar-refractivity contribution >= 4 is 5.91 Å². The van der Waals surface area contributed by atoms with Gasteiger partial charge in [0, 0.05) is 13.0 Å². The summed E-state index contributed by atoms with van der Waals surface area (Å²) < 4.78 is 10.7. The van der Waals surface area contributed by atoms with E-state index >= 15 is 0 Å². The van der Waals surface area contributed by atoms with Crippen molar-refractivity contribution in [3.05, 3.63) is 59.7 Å². The van der Waals surface area contributed by atoms with Crippen LogP contribution < -0.4 is 14.8 Å². The van der Waals surface area contributed by atoms with E-state index in [4.69, 9.17) is 9.47 Å². The molecule has 0 aromatic heterocycles. The third-order valence-electron chi connectivity index (χ3n) is 4.16. The van der Waals surface area contributed by atoms with Gasteiger partial charge in [0.05, 0.1) is 6.04 Å². The smallest absolute Gasteiger partial charge is 0.231 e. The number of fused-ring (bicyclic) bond motifs is 1. The summed E-state index contributed by atoms with van der Waals surface area (Å²) in [5.41, 5.74) is 2.19. The maximum atomic E-state index is 12.4. The van der Waals surface area contributed by atoms with Gasteiger partial charge in [0.25, 0.3) is 0 Å². The first-order valence-electron chi connectivity index (χ1n) is 8.49. The van der Waals surface area contributed by atoms with E-state index in [1.54, 1.807) is 0 Å². The van der Waals surface area contributed by atoms with E-state index in [1.165, 1.54) is 0 Å². The molecular formula is C20H24N2O3. The van der Waals surface area contributed by atoms with Crippen LogP contribution in [0.15, 0.2) is 48.5 Å². The van der Waals surface area contributed by atoms with Gasteiger partial charge >= 0.3 is 0 Å². The molecule has 1 heterocycles. The van der Waals surface area contributed by atoms with Crippen LogP contribution in [0.3, 0.4) is 0 Å². The Hall–Kier alpha value is -2.53. The lowest BCUT2D eigenvalue weighted by Crippen LogP contribution is -2.35. The summed E-state index contributed by atoms with van der Waals surface area (Å²) in [5, 5.41) is 3.15. The monoisotopic (exact) mass is 340 g/mol. The molecule has 132 valence electrons. The lowest BCUT2D eigenvalue weighted by atomic mass is 10.1. The average molecular weight is 340 g/mol. The topological polar surface area (TPSA) is 50.8 Å². The van der Waals surface area contributed by atoms with Crippen LogP contribution in [0.2, 0.25) is 0 Å². The van der Waals surface area contributed by atoms with Gasteiger partial charge in [-0.25, -0.2) is 0 Å². The highest BCUT2D eigenvalue weighted by atomic mass is 16.7. The van der Waals surface area contributed by atoms with E-state index in [2.05, 4.69) is 10.2 Å². The zero-order valence-corrected chi connectivity index (χ0v) is 14.7. The number of benzene rings is 2. The number of nitrogens with zero attached hydrogens (tertiary/aromatic N) is 1. The van der Waals surface area contributed by atoms with Crippen molar-refractivity contribution in [1.82, 2.24) is 10.2 Å². The molecule has 0 aliphatic carbocycles. The maximum absolute atomic E-state index is 12.4. The molecule has 0 radical (unpaired) electrons. The van der Waals surface area contributed by atoms with Crippen LogP contribution in [0.25, 0.3) is 0 Å². The van der Waals surface area contributed by atoms with Gasteiger partial charge in [-0.15, -0.1) is 0 Å². The predicted molar refractivity (Wildman–Crippen MR) is 96.8 cm³/mol. The lowest BCUT2D eigenvalue weighted by Gasteiger charge is -2.23. The number of carbonyl (C=O) groups excluding carboxylic acids is 1. The number of hydrogen-bond donors (Lipinski definition) is 1. The molecule has 25 heavy (non-hydrogen) atoms. The molecule has 2 aromatic carbocycles. The Morgan fingerprint density at radius 3 is 2.64 bits per heavy atom. The van der Waals surface area contributed by atoms with Gasteiger partial charge in [-0.1, -0.05) is 36.4 Å². The highest BCUT2D eigenvalue weighted by Crippen LogP contribution is 2.32. The first kappa shape index (κ1) is 17.3. The van der Waals surface area contributed by atoms with Crippen molar-refractivity contribution in [2.24, 2.45) is 0 Å². The molecule has 0 saturated carbocycles. The standard InChI is InChI=1S/C20H24N2O3/c1-22(2)13-17(16-6-4-3-5-7-16)21-20(23)11-9-15-8-10-18-19(12-15)25-14-24-18/h3-8,10,12,17H,9,11,13-14H2,1-2H3,(H,21,23)/t17-/m0/s1. The summed E-state index contributed by atoms with van der Waals surface area (Å²) in [6, 6.07) is 15.9. The molecule has 1 aliphatic rings. The molecule has 1 atom stereocenters. The van der Waals surface area contributed by atoms with E-state index in [9.17, 15) is 4.79 Å². The Morgan fingerprint density at radius 1 is 1.12 bits per heavy atom. The molecule has 1 amide bonds. The Bertz CT molecular complexity index is 716. The van der Waals surface area contributed by atoms with Gasteiger partial charge in [0.1, 0.15) is 0 Å². The van der Waals surface area contributed by atoms with Crippen LogP contribution in [0.5, 0.6) is 11.5 Å². The summed E-state index contributed by atoms with van der Waals surface area (Å²) >= 11 is 0. The molecule has 3 rings (SSSR count). The van der Waals surface area contributed by atoms with Crippen molar-refractivity contribution in [2.45, 2.75) is 18.9 Å². The fourth-order valence-electron chi connectivity index (χ4n) is 2.91. The van der Waals surface area contributed by atoms with Crippen molar-refractivity contribution in [2.75, 3.05) is 27.4 Å². The molecule has 2 aromatic rings. The van der Waals surface area contributed by atoms with Gasteiger partial charge in [-0.3, -0.25) is 4.79 Å². The number of rotatable bonds is 7. The molecule has 1 aliphatic heterocycles. The molecule has 5 heteroatoms. The number of amides is 1. The highest BCUT2D eigenvalue weighted by Gasteiger charge is 2.16. The van der Waals surface area contributed by atoms with Crippen LogP contribution in [0.4, 0.5) is 0 Å². The van der Waals surface area contributed by atoms with Crippen LogP contribution in [-0.4, -0.2) is 38.2 Å². The third kappa shape index (κ3) is 4.73. The zero-order valence-electron chi connectivity index (χ0n) is 14.7. The van der Waals surface area contributed by atoms with Crippen molar-refractivity contribution in [3.63, 3.8) is 0 Å². The molecule has 0 fully saturated rings. The minimum absolute atomic E-state index is 0.0135. The number of nitrogens with one attached hydrogen (secondary N) is 1. The Labute approximate surface area is 148 Å². The largest absolute Gasteiger partial charge is 0.454 e. The summed E-state index contributed by atoms with van der Waals surface area (Å²) in [7, 11) is 4.02. The van der Waals surface area contributed by atoms with E-state index in [-0.39, 0.29) is 18.7 Å². The molecular weight excluding hydrogens is 316 g/mol. The minimum Gasteiger partial charge on any atom is -0.454 e. The SMILES string of the molecule is CN(C)C[C@H](NC(=O)CCc1ccc2c(c1)OCO2)c1ccccc1. The van der Waals surface area contributed by atoms with Gasteiger partial charge in [-0.2, -0.15) is 0 Å². The number of likely N-dealkylation sites (N-methyl/N-ethyl adjacent to an activating group) is 1. The first-order valence-corrected chi connectivity index (χ1v) is 8.49. The van der Waals surface area contributed by atoms with Crippen molar-refractivity contribution < 1.29 is 14.3 Å². The van der Waals surface area contributed by atoms with Crippen molar-refractivity contribution in [3.8, 4) is 11.5 Å². The average Bonchev–Trinajstić information content (AvgIpc) is 3.07. The fraction of sp³-hybridized carbons (Fsp3) is 0.350. The van der Waals surface area contributed by atoms with Crippen LogP contribution in [-0.2, 0) is 11.2 Å². The zero-order chi connectivity index (χ0) is 17.6. The van der Waals surface area contributed by atoms with E-state index in [0.29, 0.717) is 12.8 Å². The molecule has 5 nitrogen and oxygen atoms in total. The Balaban J connectivity index is 1.58. The third-order valence-corrected chi connectivity index (χ3v) is 4.16. The molecule has 1 N–H and O–H groups in total. The normalized spacial score (nSPS) is 13.7. The van der Waals surface area contributed by atoms with Gasteiger partial charge in [-0.05, 0) is 43.8 Å². The molecule has 0 unspecified atom stereocenters. The van der Waals surface area contributed by atoms with Gasteiger partial charge < -0.3 is 19.7 Å². The number of aryl methyl sites for hydroxylation is 1. The summed E-state index contributed by atoms with van der Waals surface area (Å²) in [4.78, 5) is 14.5. The van der Waals surface area contributed by atoms with Gasteiger partial charge in [0.2, 0.25) is 12.7 Å². The summed E-state index contributed by atoms with van der Waals surface area (Å²) in [6.07, 6.45) is 1.11. The minimum atomic E-state index is -0.0135. The summed E-state index contributed by atoms with van der Waals surface area (Å²) in [6.45, 7) is 1.03. The summed E-state index contributed by atoms with van der Waals surface area (Å²) in [5.74, 6) is 1.57. The maximum Gasteiger partial charge on any atom is 0.231 e. The lowest BCUT2D eigenvalue weighted by molar-refractivity contribution is -0.121. The van der Waals surface area contributed by atoms with E-state index in [1.807, 2.05) is 62.6 Å². The van der Waals surface area contributed by atoms with Crippen LogP contribution in [0, 0.1) is 0 Å². The first-order chi connectivity index (χ1) is 12.1. The number of hydrogen-bond acceptors (Lipinski definition) is 4. The van der Waals surface area contributed by atoms with Crippen LogP contribution >= 0.6 is 0 Å². The molecule has 0 bridgehead atoms. The molecule has 0 saturated heterocycles. The van der Waals surface area contributed by atoms with E-state index in [0.717, 1.165) is 29.2 Å². The highest BCUT2D eigenvalue weighted by molar-refractivity contribution is 5.76. The second-order valence-corrected chi connectivity index (χ2v) is 6.48. The van der Waals surface area contributed by atoms with Crippen LogP contribution in [0.1, 0.15) is 23.6 Å². The Morgan fingerprint density at radius 2 is 1.88 bits per heavy atom. The van der Waals surface area contributed by atoms with Gasteiger partial charge in [0.15, 0.2) is 11.5 Å². The quantitative estimate of drug-likeness (QED) is 0.842.